The van der Waals surface area contributed by atoms with Crippen molar-refractivity contribution in [1.29, 1.82) is 0 Å². The Labute approximate surface area is 499 Å². The van der Waals surface area contributed by atoms with Gasteiger partial charge in [0.1, 0.15) is 5.75 Å². The molecule has 85 heavy (non-hydrogen) atoms. The number of fused-ring (bicyclic) bond motifs is 7. The molecule has 0 aliphatic heterocycles. The molecule has 0 fully saturated rings. The standard InChI is InChI=1S/C82H66N2O/c1-4-58-28-32-60(33-29-58)63-36-37-65-52-73(46-40-64(65)51-63)85-56-57(3)19-17-18-50-82(68-20-9-6-10-21-68)78-27-16-15-26-74(78)75-47-45-72(55-79(75)82)83(69-22-11-7-12-23-69)71-43-38-62(39-44-71)67-42-49-81-77(54-67)76-53-66(61-34-30-59(5-2)31-35-61)41-48-80(76)84(81)70-24-13-8-14-25-70/h4-16,20-49,51-55,57H,1-2,17-19,50,56H2,3H3. The van der Waals surface area contributed by atoms with Gasteiger partial charge in [-0.15, -0.1) is 0 Å². The van der Waals surface area contributed by atoms with Gasteiger partial charge in [0, 0.05) is 38.9 Å². The predicted molar refractivity (Wildman–Crippen MR) is 361 cm³/mol. The van der Waals surface area contributed by atoms with E-state index in [4.69, 9.17) is 4.74 Å². The first-order chi connectivity index (χ1) is 41.9. The smallest absolute Gasteiger partial charge is 0.119 e. The number of ether oxygens (including phenoxy) is 1. The summed E-state index contributed by atoms with van der Waals surface area (Å²) >= 11 is 0. The van der Waals surface area contributed by atoms with Gasteiger partial charge in [0.15, 0.2) is 0 Å². The van der Waals surface area contributed by atoms with Gasteiger partial charge in [0.2, 0.25) is 0 Å². The summed E-state index contributed by atoms with van der Waals surface area (Å²) in [4.78, 5) is 2.43. The number of hydrogen-bond donors (Lipinski definition) is 0. The maximum atomic E-state index is 6.52. The van der Waals surface area contributed by atoms with Gasteiger partial charge in [0.05, 0.1) is 17.6 Å². The highest BCUT2D eigenvalue weighted by Crippen LogP contribution is 2.56. The van der Waals surface area contributed by atoms with Crippen LogP contribution < -0.4 is 9.64 Å². The maximum Gasteiger partial charge on any atom is 0.119 e. The number of para-hydroxylation sites is 2. The van der Waals surface area contributed by atoms with Crippen molar-refractivity contribution in [2.45, 2.75) is 38.0 Å². The van der Waals surface area contributed by atoms with E-state index in [1.54, 1.807) is 0 Å². The molecule has 12 aromatic carbocycles. The Bertz CT molecular complexity index is 4560. The zero-order chi connectivity index (χ0) is 57.3. The summed E-state index contributed by atoms with van der Waals surface area (Å²) in [6.07, 6.45) is 8.01. The number of benzene rings is 12. The minimum Gasteiger partial charge on any atom is -0.493 e. The molecular formula is C82H66N2O. The predicted octanol–water partition coefficient (Wildman–Crippen LogP) is 22.3. The Morgan fingerprint density at radius 2 is 0.941 bits per heavy atom. The highest BCUT2D eigenvalue weighted by atomic mass is 16.5. The van der Waals surface area contributed by atoms with E-state index in [9.17, 15) is 0 Å². The van der Waals surface area contributed by atoms with E-state index in [1.807, 2.05) is 12.2 Å². The van der Waals surface area contributed by atoms with Crippen LogP contribution in [0.2, 0.25) is 0 Å². The van der Waals surface area contributed by atoms with Crippen molar-refractivity contribution in [1.82, 2.24) is 4.57 Å². The van der Waals surface area contributed by atoms with Crippen LogP contribution in [0.25, 0.3) is 94.9 Å². The molecule has 3 heteroatoms. The highest BCUT2D eigenvalue weighted by Gasteiger charge is 2.44. The molecule has 1 aromatic heterocycles. The molecule has 0 amide bonds. The van der Waals surface area contributed by atoms with Gasteiger partial charge < -0.3 is 14.2 Å². The maximum absolute atomic E-state index is 6.52. The second-order valence-electron chi connectivity index (χ2n) is 22.9. The topological polar surface area (TPSA) is 17.4 Å². The highest BCUT2D eigenvalue weighted by molar-refractivity contribution is 6.11. The summed E-state index contributed by atoms with van der Waals surface area (Å²) in [5.41, 5.74) is 22.6. The average Bonchev–Trinajstić information content (AvgIpc) is 1.69. The molecule has 2 atom stereocenters. The van der Waals surface area contributed by atoms with Crippen LogP contribution in [0.3, 0.4) is 0 Å². The van der Waals surface area contributed by atoms with Gasteiger partial charge in [-0.3, -0.25) is 0 Å². The Hall–Kier alpha value is -10.2. The minimum atomic E-state index is -0.339. The minimum absolute atomic E-state index is 0.339. The SMILES string of the molecule is C=Cc1ccc(-c2ccc3cc(OCC(C)CCCCC4(c5ccccc5)c5ccccc5-c5ccc(N(c6ccccc6)c6ccc(-c7ccc8c(c7)c7cc(-c9ccc(C=C)cc9)ccc7n8-c7ccccc7)cc6)cc54)ccc3c2)cc1. The monoisotopic (exact) mass is 1090 g/mol. The van der Waals surface area contributed by atoms with Crippen molar-refractivity contribution in [2.24, 2.45) is 5.92 Å². The third kappa shape index (κ3) is 10.0. The summed E-state index contributed by atoms with van der Waals surface area (Å²) in [6.45, 7) is 10.9. The van der Waals surface area contributed by atoms with E-state index >= 15 is 0 Å². The zero-order valence-electron chi connectivity index (χ0n) is 48.0. The van der Waals surface area contributed by atoms with Crippen molar-refractivity contribution in [3.05, 3.63) is 320 Å². The first-order valence-electron chi connectivity index (χ1n) is 29.9. The van der Waals surface area contributed by atoms with Crippen LogP contribution >= 0.6 is 0 Å². The van der Waals surface area contributed by atoms with Crippen LogP contribution in [0.1, 0.15) is 60.4 Å². The average molecular weight is 1100 g/mol. The normalized spacial score (nSPS) is 13.8. The molecule has 14 rings (SSSR count). The second kappa shape index (κ2) is 22.8. The third-order valence-electron chi connectivity index (χ3n) is 17.7. The Morgan fingerprint density at radius 3 is 1.59 bits per heavy atom. The van der Waals surface area contributed by atoms with E-state index in [-0.39, 0.29) is 5.41 Å². The quantitative estimate of drug-likeness (QED) is 0.0797. The van der Waals surface area contributed by atoms with E-state index in [0.717, 1.165) is 65.3 Å². The first kappa shape index (κ1) is 52.8. The second-order valence-corrected chi connectivity index (χ2v) is 22.9. The molecule has 2 unspecified atom stereocenters. The van der Waals surface area contributed by atoms with E-state index in [2.05, 4.69) is 309 Å². The lowest BCUT2D eigenvalue weighted by Gasteiger charge is -2.34. The fourth-order valence-corrected chi connectivity index (χ4v) is 13.3. The van der Waals surface area contributed by atoms with Gasteiger partial charge in [-0.2, -0.15) is 0 Å². The van der Waals surface area contributed by atoms with Crippen LogP contribution in [0.5, 0.6) is 5.75 Å². The number of unbranched alkanes of at least 4 members (excludes halogenated alkanes) is 1. The summed E-state index contributed by atoms with van der Waals surface area (Å²) in [5, 5.41) is 4.84. The number of aromatic nitrogens is 1. The van der Waals surface area contributed by atoms with E-state index < -0.39 is 0 Å². The molecule has 0 bridgehead atoms. The van der Waals surface area contributed by atoms with Crippen molar-refractivity contribution >= 4 is 61.8 Å². The molecule has 410 valence electrons. The van der Waals surface area contributed by atoms with Crippen LogP contribution in [0, 0.1) is 5.92 Å². The summed E-state index contributed by atoms with van der Waals surface area (Å²) < 4.78 is 8.91. The van der Waals surface area contributed by atoms with Gasteiger partial charge >= 0.3 is 0 Å². The van der Waals surface area contributed by atoms with Crippen molar-refractivity contribution in [3.63, 3.8) is 0 Å². The van der Waals surface area contributed by atoms with Crippen LogP contribution in [-0.2, 0) is 5.41 Å². The van der Waals surface area contributed by atoms with Gasteiger partial charge in [0.25, 0.3) is 0 Å². The number of hydrogen-bond acceptors (Lipinski definition) is 2. The molecule has 13 aromatic rings. The van der Waals surface area contributed by atoms with Gasteiger partial charge in [-0.25, -0.2) is 0 Å². The molecule has 3 nitrogen and oxygen atoms in total. The van der Waals surface area contributed by atoms with Gasteiger partial charge in [-0.1, -0.05) is 233 Å². The lowest BCUT2D eigenvalue weighted by molar-refractivity contribution is 0.248. The molecule has 1 heterocycles. The summed E-state index contributed by atoms with van der Waals surface area (Å²) in [5.74, 6) is 1.32. The van der Waals surface area contributed by atoms with Crippen molar-refractivity contribution < 1.29 is 4.74 Å². The zero-order valence-corrected chi connectivity index (χ0v) is 48.0. The Balaban J connectivity index is 0.750. The third-order valence-corrected chi connectivity index (χ3v) is 17.7. The molecule has 0 saturated carbocycles. The number of anilines is 3. The molecule has 0 spiro atoms. The van der Waals surface area contributed by atoms with E-state index in [0.29, 0.717) is 12.5 Å². The van der Waals surface area contributed by atoms with Crippen molar-refractivity contribution in [3.8, 4) is 55.9 Å². The fourth-order valence-electron chi connectivity index (χ4n) is 13.3. The van der Waals surface area contributed by atoms with Crippen molar-refractivity contribution in [2.75, 3.05) is 11.5 Å². The first-order valence-corrected chi connectivity index (χ1v) is 29.9. The molecule has 0 N–H and O–H groups in total. The lowest BCUT2D eigenvalue weighted by Crippen LogP contribution is -2.27. The molecule has 0 radical (unpaired) electrons. The van der Waals surface area contributed by atoms with Crippen LogP contribution in [-0.4, -0.2) is 11.2 Å². The Kier molecular flexibility index (Phi) is 14.2. The molecule has 1 aliphatic rings. The molecule has 1 aliphatic carbocycles. The lowest BCUT2D eigenvalue weighted by atomic mass is 9.69. The van der Waals surface area contributed by atoms with Gasteiger partial charge in [-0.05, 0) is 193 Å². The molecular weight excluding hydrogens is 1030 g/mol. The number of rotatable bonds is 18. The fraction of sp³-hybridized carbons (Fsp3) is 0.0976. The van der Waals surface area contributed by atoms with Crippen LogP contribution in [0.15, 0.2) is 292 Å². The summed E-state index contributed by atoms with van der Waals surface area (Å²) in [7, 11) is 0. The molecule has 0 saturated heterocycles. The van der Waals surface area contributed by atoms with Crippen LogP contribution in [0.4, 0.5) is 17.1 Å². The Morgan fingerprint density at radius 1 is 0.435 bits per heavy atom. The largest absolute Gasteiger partial charge is 0.493 e. The van der Waals surface area contributed by atoms with E-state index in [1.165, 1.54) is 93.8 Å². The summed E-state index contributed by atoms with van der Waals surface area (Å²) in [6, 6.07) is 103. The number of nitrogens with zero attached hydrogens (tertiary/aromatic N) is 2.